The summed E-state index contributed by atoms with van der Waals surface area (Å²) in [5.74, 6) is -0.564. The van der Waals surface area contributed by atoms with E-state index in [4.69, 9.17) is 9.47 Å². The van der Waals surface area contributed by atoms with Crippen LogP contribution in [0.15, 0.2) is 36.5 Å². The van der Waals surface area contributed by atoms with Crippen molar-refractivity contribution in [3.63, 3.8) is 0 Å². The van der Waals surface area contributed by atoms with Gasteiger partial charge in [-0.15, -0.1) is 0 Å². The zero-order valence-corrected chi connectivity index (χ0v) is 54.4. The van der Waals surface area contributed by atoms with Crippen molar-refractivity contribution in [3.05, 3.63) is 36.5 Å². The fraction of sp³-hybridized carbons (Fsp3) is 0.893. The van der Waals surface area contributed by atoms with Gasteiger partial charge < -0.3 is 14.6 Å². The largest absolute Gasteiger partial charge is 0.462 e. The molecule has 0 saturated carbocycles. The second-order valence-electron chi connectivity index (χ2n) is 25.0. The van der Waals surface area contributed by atoms with E-state index in [1.54, 1.807) is 0 Å². The van der Waals surface area contributed by atoms with Gasteiger partial charge in [0.25, 0.3) is 0 Å². The first-order valence-electron chi connectivity index (χ1n) is 36.5. The predicted octanol–water partition coefficient (Wildman–Crippen LogP) is 25.3. The molecule has 0 radical (unpaired) electrons. The highest BCUT2D eigenvalue weighted by Crippen LogP contribution is 2.19. The van der Waals surface area contributed by atoms with Gasteiger partial charge in [-0.2, -0.15) is 0 Å². The fourth-order valence-electron chi connectivity index (χ4n) is 11.4. The van der Waals surface area contributed by atoms with Crippen LogP contribution in [0, 0.1) is 0 Å². The molecule has 80 heavy (non-hydrogen) atoms. The van der Waals surface area contributed by atoms with Crippen molar-refractivity contribution in [2.75, 3.05) is 13.2 Å². The lowest BCUT2D eigenvalue weighted by Gasteiger charge is -2.15. The Bertz CT molecular complexity index is 1270. The molecule has 472 valence electrons. The summed E-state index contributed by atoms with van der Waals surface area (Å²) in [6.07, 6.45) is 94.9. The minimum Gasteiger partial charge on any atom is -0.462 e. The normalized spacial score (nSPS) is 12.3. The van der Waals surface area contributed by atoms with E-state index in [9.17, 15) is 14.7 Å². The van der Waals surface area contributed by atoms with Gasteiger partial charge in [-0.05, 0) is 70.6 Å². The summed E-state index contributed by atoms with van der Waals surface area (Å²) >= 11 is 0. The number of hydrogen-bond acceptors (Lipinski definition) is 5. The molecule has 5 nitrogen and oxygen atoms in total. The Labute approximate surface area is 501 Å². The van der Waals surface area contributed by atoms with Gasteiger partial charge in [-0.25, -0.2) is 0 Å². The monoisotopic (exact) mass is 1120 g/mol. The van der Waals surface area contributed by atoms with Crippen LogP contribution in [0.2, 0.25) is 0 Å². The summed E-state index contributed by atoms with van der Waals surface area (Å²) in [4.78, 5) is 24.7. The van der Waals surface area contributed by atoms with E-state index in [1.807, 2.05) is 0 Å². The molecule has 0 aromatic heterocycles. The number of unbranched alkanes of at least 4 members (excludes halogenated alkanes) is 55. The second kappa shape index (κ2) is 71.4. The number of carbonyl (C=O) groups excluding carboxylic acids is 2. The highest BCUT2D eigenvalue weighted by Gasteiger charge is 2.16. The molecule has 1 N–H and O–H groups in total. The van der Waals surface area contributed by atoms with E-state index >= 15 is 0 Å². The lowest BCUT2D eigenvalue weighted by Crippen LogP contribution is -2.28. The average molecular weight is 1120 g/mol. The molecule has 0 aromatic rings. The van der Waals surface area contributed by atoms with E-state index in [-0.39, 0.29) is 25.2 Å². The van der Waals surface area contributed by atoms with Crippen LogP contribution >= 0.6 is 0 Å². The number of rotatable bonds is 69. The molecule has 0 saturated heterocycles. The number of aliphatic hydroxyl groups is 1. The molecule has 0 amide bonds. The summed E-state index contributed by atoms with van der Waals surface area (Å²) < 4.78 is 10.8. The van der Waals surface area contributed by atoms with Crippen LogP contribution in [-0.4, -0.2) is 36.4 Å². The lowest BCUT2D eigenvalue weighted by atomic mass is 10.0. The number of esters is 2. The van der Waals surface area contributed by atoms with Gasteiger partial charge in [0.2, 0.25) is 0 Å². The van der Waals surface area contributed by atoms with Crippen molar-refractivity contribution in [2.45, 2.75) is 418 Å². The van der Waals surface area contributed by atoms with E-state index in [2.05, 4.69) is 50.3 Å². The Hall–Kier alpha value is -1.88. The smallest absolute Gasteiger partial charge is 0.306 e. The maximum atomic E-state index is 12.4. The Balaban J connectivity index is 3.37. The summed E-state index contributed by atoms with van der Waals surface area (Å²) in [6.45, 7) is 4.20. The first kappa shape index (κ1) is 78.1. The first-order valence-corrected chi connectivity index (χ1v) is 36.5. The molecule has 0 aromatic carbocycles. The molecular weight excluding hydrogens is 981 g/mol. The molecule has 0 aliphatic heterocycles. The molecule has 0 fully saturated rings. The van der Waals surface area contributed by atoms with Crippen LogP contribution in [0.3, 0.4) is 0 Å². The topological polar surface area (TPSA) is 72.8 Å². The van der Waals surface area contributed by atoms with Gasteiger partial charge in [-0.1, -0.05) is 365 Å². The Morgan fingerprint density at radius 3 is 0.750 bits per heavy atom. The number of hydrogen-bond donors (Lipinski definition) is 1. The van der Waals surface area contributed by atoms with Gasteiger partial charge in [0, 0.05) is 12.8 Å². The molecule has 1 unspecified atom stereocenters. The maximum Gasteiger partial charge on any atom is 0.306 e. The predicted molar refractivity (Wildman–Crippen MR) is 353 cm³/mol. The number of aliphatic hydroxyl groups excluding tert-OH is 1. The van der Waals surface area contributed by atoms with Crippen LogP contribution in [-0.2, 0) is 19.1 Å². The van der Waals surface area contributed by atoms with Crippen LogP contribution in [0.5, 0.6) is 0 Å². The van der Waals surface area contributed by atoms with E-state index < -0.39 is 6.10 Å². The number of allylic oxidation sites excluding steroid dienone is 6. The molecule has 1 atom stereocenters. The van der Waals surface area contributed by atoms with Crippen LogP contribution < -0.4 is 0 Å². The SMILES string of the molecule is CCCCCCC/C=C\C/C=C\CCCCCCCCCCCCCCCCCCCCCC(=O)OC(CO)COC(=O)CCCCCCCCCCCCCCCCCCCCCCCCC/C=C\CCCCCCCCCC. The second-order valence-corrected chi connectivity index (χ2v) is 25.0. The van der Waals surface area contributed by atoms with E-state index in [0.29, 0.717) is 12.8 Å². The van der Waals surface area contributed by atoms with Crippen LogP contribution in [0.25, 0.3) is 0 Å². The highest BCUT2D eigenvalue weighted by atomic mass is 16.6. The third kappa shape index (κ3) is 68.6. The summed E-state index contributed by atoms with van der Waals surface area (Å²) in [5.41, 5.74) is 0. The maximum absolute atomic E-state index is 12.4. The lowest BCUT2D eigenvalue weighted by molar-refractivity contribution is -0.161. The molecule has 0 heterocycles. The van der Waals surface area contributed by atoms with E-state index in [0.717, 1.165) is 38.5 Å². The Kier molecular flexibility index (Phi) is 69.7. The molecular formula is C75H142O5. The quantitative estimate of drug-likeness (QED) is 0.0373. The summed E-state index contributed by atoms with van der Waals surface area (Å²) in [5, 5.41) is 9.71. The Morgan fingerprint density at radius 1 is 0.287 bits per heavy atom. The van der Waals surface area contributed by atoms with Crippen molar-refractivity contribution < 1.29 is 24.2 Å². The summed E-state index contributed by atoms with van der Waals surface area (Å²) in [7, 11) is 0. The molecule has 0 bridgehead atoms. The fourth-order valence-corrected chi connectivity index (χ4v) is 11.4. The van der Waals surface area contributed by atoms with Crippen LogP contribution in [0.4, 0.5) is 0 Å². The van der Waals surface area contributed by atoms with Crippen molar-refractivity contribution in [2.24, 2.45) is 0 Å². The number of ether oxygens (including phenoxy) is 2. The van der Waals surface area contributed by atoms with Gasteiger partial charge in [0.05, 0.1) is 6.61 Å². The van der Waals surface area contributed by atoms with Gasteiger partial charge in [0.1, 0.15) is 6.61 Å². The van der Waals surface area contributed by atoms with Gasteiger partial charge >= 0.3 is 11.9 Å². The van der Waals surface area contributed by atoms with Gasteiger partial charge in [-0.3, -0.25) is 9.59 Å². The van der Waals surface area contributed by atoms with Crippen molar-refractivity contribution in [1.82, 2.24) is 0 Å². The molecule has 0 spiro atoms. The zero-order valence-electron chi connectivity index (χ0n) is 54.4. The third-order valence-corrected chi connectivity index (χ3v) is 16.9. The minimum atomic E-state index is -0.770. The Morgan fingerprint density at radius 2 is 0.500 bits per heavy atom. The standard InChI is InChI=1S/C75H142O5/c1-3-5-7-9-11-13-15-17-19-21-23-25-27-29-31-33-35-36-37-38-40-41-43-45-47-49-51-53-55-57-59-61-63-65-67-69-74(77)79-72-73(71-76)80-75(78)70-68-66-64-62-60-58-56-54-52-50-48-46-44-42-39-34-32-30-28-26-24-22-20-18-16-14-12-10-8-6-4-2/h16,18,21-24,73,76H,3-15,17,19-20,25-72H2,1-2H3/b18-16-,23-21-,24-22-. The average Bonchev–Trinajstić information content (AvgIpc) is 3.46. The molecule has 0 rings (SSSR count). The van der Waals surface area contributed by atoms with Crippen molar-refractivity contribution in [3.8, 4) is 0 Å². The first-order chi connectivity index (χ1) is 39.6. The summed E-state index contributed by atoms with van der Waals surface area (Å²) in [6, 6.07) is 0. The molecule has 0 aliphatic carbocycles. The zero-order chi connectivity index (χ0) is 57.6. The highest BCUT2D eigenvalue weighted by molar-refractivity contribution is 5.70. The number of carbonyl (C=O) groups is 2. The minimum absolute atomic E-state index is 0.0589. The molecule has 0 aliphatic rings. The van der Waals surface area contributed by atoms with Crippen LogP contribution in [0.1, 0.15) is 412 Å². The van der Waals surface area contributed by atoms with Crippen molar-refractivity contribution >= 4 is 11.9 Å². The third-order valence-electron chi connectivity index (χ3n) is 16.9. The molecule has 5 heteroatoms. The van der Waals surface area contributed by atoms with Gasteiger partial charge in [0.15, 0.2) is 6.10 Å². The van der Waals surface area contributed by atoms with Crippen molar-refractivity contribution in [1.29, 1.82) is 0 Å². The van der Waals surface area contributed by atoms with E-state index in [1.165, 1.54) is 347 Å².